The van der Waals surface area contributed by atoms with Gasteiger partial charge in [-0.1, -0.05) is 11.6 Å². The molecule has 0 unspecified atom stereocenters. The molecule has 4 amide bonds. The molecule has 1 atom stereocenters. The van der Waals surface area contributed by atoms with E-state index >= 15 is 0 Å². The zero-order chi connectivity index (χ0) is 19.8. The first kappa shape index (κ1) is 18.6. The average molecular weight is 399 g/mol. The van der Waals surface area contributed by atoms with Gasteiger partial charge in [-0.25, -0.2) is 9.69 Å². The number of anilines is 1. The molecule has 1 fully saturated rings. The summed E-state index contributed by atoms with van der Waals surface area (Å²) in [7, 11) is 0. The number of alkyl halides is 3. The number of hydrogen-bond acceptors (Lipinski definition) is 4. The number of urea groups is 1. The van der Waals surface area contributed by atoms with E-state index in [-0.39, 0.29) is 21.2 Å². The number of imide groups is 1. The van der Waals surface area contributed by atoms with Crippen molar-refractivity contribution in [1.82, 2.24) is 15.6 Å². The van der Waals surface area contributed by atoms with Crippen molar-refractivity contribution in [3.05, 3.63) is 59.4 Å². The molecule has 1 saturated heterocycles. The largest absolute Gasteiger partial charge is 0.440 e. The van der Waals surface area contributed by atoms with Crippen LogP contribution in [0, 0.1) is 0 Å². The summed E-state index contributed by atoms with van der Waals surface area (Å²) in [6, 6.07) is 6.23. The Balaban J connectivity index is 2.00. The normalized spacial score (nSPS) is 19.8. The Kier molecular flexibility index (Phi) is 4.52. The third-order valence-electron chi connectivity index (χ3n) is 3.76. The highest BCUT2D eigenvalue weighted by atomic mass is 35.5. The molecule has 1 aliphatic rings. The quantitative estimate of drug-likeness (QED) is 0.777. The van der Waals surface area contributed by atoms with Crippen molar-refractivity contribution in [3.8, 4) is 0 Å². The first-order valence-electron chi connectivity index (χ1n) is 7.37. The number of halogens is 4. The molecule has 0 bridgehead atoms. The minimum atomic E-state index is -5.31. The number of aromatic nitrogens is 1. The monoisotopic (exact) mass is 398 g/mol. The van der Waals surface area contributed by atoms with E-state index in [9.17, 15) is 27.6 Å². The number of nitrogens with one attached hydrogen (secondary N) is 2. The standard InChI is InChI=1S/C16H10ClF3N4O3/c17-10-3-5-11(6-4-10)24-13(26)15(16(18,19)20,23-14(24)27)22-12(25)9-2-1-7-21-8-9/h1-8H,(H,22,25)(H,23,27)/t15-/m0/s1. The van der Waals surface area contributed by atoms with Gasteiger partial charge in [-0.2, -0.15) is 13.2 Å². The Morgan fingerprint density at radius 1 is 1.19 bits per heavy atom. The van der Waals surface area contributed by atoms with Gasteiger partial charge in [0.1, 0.15) is 0 Å². The van der Waals surface area contributed by atoms with Crippen LogP contribution in [0.2, 0.25) is 5.02 Å². The molecule has 0 saturated carbocycles. The van der Waals surface area contributed by atoms with Gasteiger partial charge in [-0.05, 0) is 36.4 Å². The van der Waals surface area contributed by atoms with Crippen LogP contribution in [0.15, 0.2) is 48.8 Å². The third kappa shape index (κ3) is 3.19. The predicted octanol–water partition coefficient (Wildman–Crippen LogP) is 2.48. The van der Waals surface area contributed by atoms with Crippen molar-refractivity contribution in [3.63, 3.8) is 0 Å². The van der Waals surface area contributed by atoms with Crippen LogP contribution in [0.3, 0.4) is 0 Å². The second-order valence-corrected chi connectivity index (χ2v) is 5.93. The fraction of sp³-hybridized carbons (Fsp3) is 0.125. The molecule has 2 N–H and O–H groups in total. The van der Waals surface area contributed by atoms with Gasteiger partial charge in [-0.15, -0.1) is 0 Å². The summed E-state index contributed by atoms with van der Waals surface area (Å²) in [4.78, 5) is 40.9. The van der Waals surface area contributed by atoms with Crippen molar-refractivity contribution in [2.75, 3.05) is 4.90 Å². The molecule has 3 rings (SSSR count). The summed E-state index contributed by atoms with van der Waals surface area (Å²) in [6.07, 6.45) is -2.96. The van der Waals surface area contributed by atoms with Crippen LogP contribution >= 0.6 is 11.6 Å². The zero-order valence-corrected chi connectivity index (χ0v) is 14.0. The minimum absolute atomic E-state index is 0.136. The van der Waals surface area contributed by atoms with Gasteiger partial charge in [0.2, 0.25) is 0 Å². The molecule has 0 radical (unpaired) electrons. The van der Waals surface area contributed by atoms with Crippen LogP contribution < -0.4 is 15.5 Å². The minimum Gasteiger partial charge on any atom is -0.314 e. The third-order valence-corrected chi connectivity index (χ3v) is 4.01. The molecule has 140 valence electrons. The van der Waals surface area contributed by atoms with E-state index in [1.165, 1.54) is 42.6 Å². The van der Waals surface area contributed by atoms with Crippen molar-refractivity contribution in [1.29, 1.82) is 0 Å². The first-order valence-corrected chi connectivity index (χ1v) is 7.75. The number of carbonyl (C=O) groups excluding carboxylic acids is 3. The molecule has 11 heteroatoms. The summed E-state index contributed by atoms with van der Waals surface area (Å²) >= 11 is 5.71. The number of benzene rings is 1. The fourth-order valence-electron chi connectivity index (χ4n) is 2.44. The highest BCUT2D eigenvalue weighted by Gasteiger charge is 2.69. The van der Waals surface area contributed by atoms with Crippen molar-refractivity contribution >= 4 is 35.1 Å². The van der Waals surface area contributed by atoms with Gasteiger partial charge in [0.15, 0.2) is 0 Å². The molecule has 2 aromatic rings. The van der Waals surface area contributed by atoms with Crippen LogP contribution in [-0.2, 0) is 4.79 Å². The summed E-state index contributed by atoms with van der Waals surface area (Å²) in [5.41, 5.74) is -3.96. The highest BCUT2D eigenvalue weighted by Crippen LogP contribution is 2.36. The summed E-state index contributed by atoms with van der Waals surface area (Å²) in [6.45, 7) is 0. The van der Waals surface area contributed by atoms with Crippen LogP contribution in [0.1, 0.15) is 10.4 Å². The number of carbonyl (C=O) groups is 3. The highest BCUT2D eigenvalue weighted by molar-refractivity contribution is 6.31. The lowest BCUT2D eigenvalue weighted by Crippen LogP contribution is -2.69. The van der Waals surface area contributed by atoms with E-state index in [0.29, 0.717) is 0 Å². The lowest BCUT2D eigenvalue weighted by Gasteiger charge is -2.29. The molecule has 2 heterocycles. The number of nitrogens with zero attached hydrogens (tertiary/aromatic N) is 2. The molecule has 27 heavy (non-hydrogen) atoms. The lowest BCUT2D eigenvalue weighted by molar-refractivity contribution is -0.197. The summed E-state index contributed by atoms with van der Waals surface area (Å²) in [5.74, 6) is -2.92. The van der Waals surface area contributed by atoms with Crippen molar-refractivity contribution in [2.24, 2.45) is 0 Å². The zero-order valence-electron chi connectivity index (χ0n) is 13.2. The average Bonchev–Trinajstić information content (AvgIpc) is 2.87. The van der Waals surface area contributed by atoms with Crippen molar-refractivity contribution < 1.29 is 27.6 Å². The van der Waals surface area contributed by atoms with Gasteiger partial charge in [0.05, 0.1) is 11.3 Å². The van der Waals surface area contributed by atoms with E-state index in [2.05, 4.69) is 4.98 Å². The molecule has 1 aromatic heterocycles. The maximum Gasteiger partial charge on any atom is 0.440 e. The SMILES string of the molecule is O=C(N[C@]1(C(F)(F)F)NC(=O)N(c2ccc(Cl)cc2)C1=O)c1cccnc1. The maximum absolute atomic E-state index is 13.8. The van der Waals surface area contributed by atoms with E-state index in [4.69, 9.17) is 11.6 Å². The second kappa shape index (κ2) is 6.54. The van der Waals surface area contributed by atoms with Crippen LogP contribution in [-0.4, -0.2) is 34.7 Å². The Morgan fingerprint density at radius 2 is 1.85 bits per heavy atom. The number of amides is 4. The smallest absolute Gasteiger partial charge is 0.314 e. The molecule has 0 aliphatic carbocycles. The maximum atomic E-state index is 13.8. The molecule has 0 spiro atoms. The van der Waals surface area contributed by atoms with Crippen LogP contribution in [0.25, 0.3) is 0 Å². The van der Waals surface area contributed by atoms with E-state index in [1.807, 2.05) is 0 Å². The Hall–Kier alpha value is -3.14. The lowest BCUT2D eigenvalue weighted by atomic mass is 10.1. The molecule has 1 aliphatic heterocycles. The molecule has 7 nitrogen and oxygen atoms in total. The molecule has 1 aromatic carbocycles. The summed E-state index contributed by atoms with van der Waals surface area (Å²) in [5, 5.41) is 3.40. The van der Waals surface area contributed by atoms with Gasteiger partial charge in [0.25, 0.3) is 17.5 Å². The molecular weight excluding hydrogens is 389 g/mol. The Labute approximate surface area is 155 Å². The van der Waals surface area contributed by atoms with E-state index < -0.39 is 29.7 Å². The van der Waals surface area contributed by atoms with Crippen LogP contribution in [0.5, 0.6) is 0 Å². The predicted molar refractivity (Wildman–Crippen MR) is 88.0 cm³/mol. The second-order valence-electron chi connectivity index (χ2n) is 5.49. The molecular formula is C16H10ClF3N4O3. The van der Waals surface area contributed by atoms with Crippen LogP contribution in [0.4, 0.5) is 23.7 Å². The number of pyridine rings is 1. The Bertz CT molecular complexity index is 905. The van der Waals surface area contributed by atoms with Gasteiger partial charge < -0.3 is 5.32 Å². The van der Waals surface area contributed by atoms with E-state index in [1.54, 1.807) is 10.6 Å². The van der Waals surface area contributed by atoms with E-state index in [0.717, 1.165) is 6.20 Å². The summed E-state index contributed by atoms with van der Waals surface area (Å²) < 4.78 is 41.3. The fourth-order valence-corrected chi connectivity index (χ4v) is 2.57. The Morgan fingerprint density at radius 3 is 2.41 bits per heavy atom. The first-order chi connectivity index (χ1) is 12.7. The van der Waals surface area contributed by atoms with Gasteiger partial charge in [-0.3, -0.25) is 19.9 Å². The van der Waals surface area contributed by atoms with Crippen molar-refractivity contribution in [2.45, 2.75) is 11.8 Å². The number of rotatable bonds is 3. The number of hydrogen-bond donors (Lipinski definition) is 2. The van der Waals surface area contributed by atoms with Gasteiger partial charge in [0, 0.05) is 17.4 Å². The van der Waals surface area contributed by atoms with Gasteiger partial charge >= 0.3 is 12.2 Å². The topological polar surface area (TPSA) is 91.4 Å².